The molecule has 0 aromatic heterocycles. The number of benzene rings is 2. The predicted molar refractivity (Wildman–Crippen MR) is 130 cm³/mol. The van der Waals surface area contributed by atoms with Gasteiger partial charge in [0.05, 0.1) is 0 Å². The Labute approximate surface area is 208 Å². The summed E-state index contributed by atoms with van der Waals surface area (Å²) in [6.07, 6.45) is 0.508. The number of anilines is 1. The fraction of sp³-hybridized carbons (Fsp3) is 0.500. The number of rotatable bonds is 8. The first-order valence-corrected chi connectivity index (χ1v) is 12.4. The zero-order valence-electron chi connectivity index (χ0n) is 19.5. The molecular formula is C26H31ClF3N3O2. The van der Waals surface area contributed by atoms with Crippen LogP contribution in [0.2, 0.25) is 0 Å². The molecule has 9 heteroatoms. The van der Waals surface area contributed by atoms with Crippen LogP contribution in [0.15, 0.2) is 48.5 Å². The molecule has 0 radical (unpaired) electrons. The first kappa shape index (κ1) is 25.8. The summed E-state index contributed by atoms with van der Waals surface area (Å²) in [5.74, 6) is 1.21. The maximum atomic E-state index is 12.9. The standard InChI is InChI=1S/C26H31ClF3N3O2/c27-25(35,26(28,29)30)22-7-3-21(4-8-22)17-33-13-11-19(12-14-33)15-18-5-9-23(10-6-18)32-24(34)31-16-20-1-2-20/h3-10,19-20,35H,1-2,11-17H2,(H2,31,32,34). The lowest BCUT2D eigenvalue weighted by Crippen LogP contribution is -2.36. The number of nitrogens with zero attached hydrogens (tertiary/aromatic N) is 1. The Balaban J connectivity index is 1.20. The number of urea groups is 1. The van der Waals surface area contributed by atoms with Crippen molar-refractivity contribution in [1.82, 2.24) is 10.2 Å². The van der Waals surface area contributed by atoms with Crippen molar-refractivity contribution in [2.45, 2.75) is 49.9 Å². The van der Waals surface area contributed by atoms with Crippen LogP contribution in [0.5, 0.6) is 0 Å². The van der Waals surface area contributed by atoms with Gasteiger partial charge in [-0.05, 0) is 80.3 Å². The molecule has 1 heterocycles. The second-order valence-corrected chi connectivity index (χ2v) is 10.3. The molecule has 1 saturated carbocycles. The smallest absolute Gasteiger partial charge is 0.364 e. The first-order valence-electron chi connectivity index (χ1n) is 12.0. The van der Waals surface area contributed by atoms with E-state index in [1.54, 1.807) is 12.1 Å². The molecule has 1 saturated heterocycles. The van der Waals surface area contributed by atoms with E-state index in [0.29, 0.717) is 18.4 Å². The molecule has 0 spiro atoms. The molecular weight excluding hydrogens is 479 g/mol. The van der Waals surface area contributed by atoms with Crippen molar-refractivity contribution < 1.29 is 23.1 Å². The number of carbonyl (C=O) groups excluding carboxylic acids is 1. The highest BCUT2D eigenvalue weighted by Crippen LogP contribution is 2.42. The van der Waals surface area contributed by atoms with Crippen molar-refractivity contribution in [3.05, 3.63) is 65.2 Å². The second kappa shape index (κ2) is 10.8. The highest BCUT2D eigenvalue weighted by Gasteiger charge is 2.54. The summed E-state index contributed by atoms with van der Waals surface area (Å²) in [6, 6.07) is 13.5. The van der Waals surface area contributed by atoms with Gasteiger partial charge in [0.1, 0.15) is 0 Å². The molecule has 2 fully saturated rings. The number of hydrogen-bond acceptors (Lipinski definition) is 3. The van der Waals surface area contributed by atoms with Crippen molar-refractivity contribution in [3.63, 3.8) is 0 Å². The average Bonchev–Trinajstić information content (AvgIpc) is 3.65. The maximum absolute atomic E-state index is 12.9. The van der Waals surface area contributed by atoms with Crippen molar-refractivity contribution >= 4 is 23.3 Å². The van der Waals surface area contributed by atoms with Crippen LogP contribution in [0, 0.1) is 11.8 Å². The van der Waals surface area contributed by atoms with Crippen molar-refractivity contribution in [1.29, 1.82) is 0 Å². The van der Waals surface area contributed by atoms with Crippen LogP contribution in [0.3, 0.4) is 0 Å². The lowest BCUT2D eigenvalue weighted by Gasteiger charge is -2.32. The normalized spacial score (nSPS) is 19.2. The van der Waals surface area contributed by atoms with E-state index in [1.807, 2.05) is 12.1 Å². The molecule has 0 bridgehead atoms. The Hall–Kier alpha value is -2.29. The van der Waals surface area contributed by atoms with E-state index in [1.165, 1.54) is 30.5 Å². The van der Waals surface area contributed by atoms with Crippen LogP contribution in [-0.4, -0.2) is 41.8 Å². The number of likely N-dealkylation sites (tertiary alicyclic amines) is 1. The molecule has 5 nitrogen and oxygen atoms in total. The fourth-order valence-electron chi connectivity index (χ4n) is 4.39. The molecule has 1 aliphatic heterocycles. The van der Waals surface area contributed by atoms with Crippen LogP contribution in [0.4, 0.5) is 23.7 Å². The third-order valence-electron chi connectivity index (χ3n) is 6.81. The van der Waals surface area contributed by atoms with Gasteiger partial charge < -0.3 is 15.7 Å². The van der Waals surface area contributed by atoms with Gasteiger partial charge in [0, 0.05) is 24.3 Å². The molecule has 2 aliphatic rings. The Morgan fingerprint density at radius 2 is 1.54 bits per heavy atom. The van der Waals surface area contributed by atoms with E-state index in [9.17, 15) is 23.1 Å². The lowest BCUT2D eigenvalue weighted by atomic mass is 9.90. The topological polar surface area (TPSA) is 64.6 Å². The van der Waals surface area contributed by atoms with Gasteiger partial charge >= 0.3 is 12.2 Å². The number of nitrogens with one attached hydrogen (secondary N) is 2. The monoisotopic (exact) mass is 509 g/mol. The van der Waals surface area contributed by atoms with Crippen molar-refractivity contribution in [2.75, 3.05) is 25.0 Å². The van der Waals surface area contributed by atoms with Gasteiger partial charge in [-0.25, -0.2) is 4.79 Å². The Morgan fingerprint density at radius 1 is 0.943 bits per heavy atom. The quantitative estimate of drug-likeness (QED) is 0.405. The second-order valence-electron chi connectivity index (χ2n) is 9.72. The summed E-state index contributed by atoms with van der Waals surface area (Å²) in [7, 11) is 0. The Bertz CT molecular complexity index is 984. The van der Waals surface area contributed by atoms with Gasteiger partial charge in [0.15, 0.2) is 0 Å². The number of alkyl halides is 4. The molecule has 35 heavy (non-hydrogen) atoms. The van der Waals surface area contributed by atoms with Crippen LogP contribution >= 0.6 is 11.6 Å². The number of amides is 2. The van der Waals surface area contributed by atoms with Gasteiger partial charge in [-0.2, -0.15) is 13.2 Å². The number of aliphatic hydroxyl groups is 1. The van der Waals surface area contributed by atoms with Gasteiger partial charge in [-0.3, -0.25) is 4.90 Å². The van der Waals surface area contributed by atoms with E-state index in [-0.39, 0.29) is 11.6 Å². The SMILES string of the molecule is O=C(NCC1CC1)Nc1ccc(CC2CCN(Cc3ccc(C(O)(Cl)C(F)(F)F)cc3)CC2)cc1. The summed E-state index contributed by atoms with van der Waals surface area (Å²) < 4.78 is 38.7. The third-order valence-corrected chi connectivity index (χ3v) is 7.24. The van der Waals surface area contributed by atoms with E-state index < -0.39 is 11.2 Å². The van der Waals surface area contributed by atoms with Crippen LogP contribution < -0.4 is 10.6 Å². The zero-order chi connectivity index (χ0) is 25.1. The highest BCUT2D eigenvalue weighted by atomic mass is 35.5. The van der Waals surface area contributed by atoms with Gasteiger partial charge in [0.25, 0.3) is 5.06 Å². The lowest BCUT2D eigenvalue weighted by molar-refractivity contribution is -0.228. The van der Waals surface area contributed by atoms with Crippen molar-refractivity contribution in [2.24, 2.45) is 11.8 Å². The van der Waals surface area contributed by atoms with Crippen molar-refractivity contribution in [3.8, 4) is 0 Å². The molecule has 4 rings (SSSR count). The molecule has 3 N–H and O–H groups in total. The number of hydrogen-bond donors (Lipinski definition) is 3. The minimum Gasteiger partial charge on any atom is -0.364 e. The summed E-state index contributed by atoms with van der Waals surface area (Å²) >= 11 is 5.32. The van der Waals surface area contributed by atoms with Crippen LogP contribution in [-0.2, 0) is 18.0 Å². The number of halogens is 4. The van der Waals surface area contributed by atoms with Gasteiger partial charge in [0.2, 0.25) is 0 Å². The summed E-state index contributed by atoms with van der Waals surface area (Å²) in [4.78, 5) is 14.2. The number of piperidine rings is 1. The fourth-order valence-corrected chi connectivity index (χ4v) is 4.52. The maximum Gasteiger partial charge on any atom is 0.436 e. The summed E-state index contributed by atoms with van der Waals surface area (Å²) in [5, 5.41) is 12.0. The minimum absolute atomic E-state index is 0.162. The van der Waals surface area contributed by atoms with Crippen LogP contribution in [0.1, 0.15) is 42.4 Å². The molecule has 1 atom stereocenters. The molecule has 1 aliphatic carbocycles. The van der Waals surface area contributed by atoms with Gasteiger partial charge in [-0.1, -0.05) is 48.0 Å². The predicted octanol–water partition coefficient (Wildman–Crippen LogP) is 5.62. The Kier molecular flexibility index (Phi) is 7.93. The third kappa shape index (κ3) is 7.12. The molecule has 1 unspecified atom stereocenters. The molecule has 2 amide bonds. The van der Waals surface area contributed by atoms with E-state index >= 15 is 0 Å². The Morgan fingerprint density at radius 3 is 2.11 bits per heavy atom. The van der Waals surface area contributed by atoms with E-state index in [0.717, 1.165) is 50.1 Å². The highest BCUT2D eigenvalue weighted by molar-refractivity contribution is 6.23. The average molecular weight is 510 g/mol. The zero-order valence-corrected chi connectivity index (χ0v) is 20.2. The molecule has 190 valence electrons. The molecule has 2 aromatic rings. The number of carbonyl (C=O) groups is 1. The summed E-state index contributed by atoms with van der Waals surface area (Å²) in [6.45, 7) is 3.20. The summed E-state index contributed by atoms with van der Waals surface area (Å²) in [5.41, 5.74) is 2.52. The van der Waals surface area contributed by atoms with E-state index in [4.69, 9.17) is 11.6 Å². The largest absolute Gasteiger partial charge is 0.436 e. The van der Waals surface area contributed by atoms with Gasteiger partial charge in [-0.15, -0.1) is 0 Å². The molecule has 2 aromatic carbocycles. The van der Waals surface area contributed by atoms with Crippen LogP contribution in [0.25, 0.3) is 0 Å². The minimum atomic E-state index is -4.95. The first-order chi connectivity index (χ1) is 16.6. The van der Waals surface area contributed by atoms with E-state index in [2.05, 4.69) is 27.7 Å².